The molecule has 294 valence electrons. The average molecular weight is 779 g/mol. The summed E-state index contributed by atoms with van der Waals surface area (Å²) >= 11 is 0. The van der Waals surface area contributed by atoms with Gasteiger partial charge in [0.1, 0.15) is 29.9 Å². The highest BCUT2D eigenvalue weighted by Crippen LogP contribution is 2.47. The molecule has 4 aliphatic rings. The molecule has 3 aliphatic heterocycles. The lowest BCUT2D eigenvalue weighted by atomic mass is 9.69. The molecule has 2 fully saturated rings. The number of aromatic nitrogens is 2. The van der Waals surface area contributed by atoms with Crippen LogP contribution in [0, 0.1) is 0 Å². The van der Waals surface area contributed by atoms with Crippen molar-refractivity contribution in [3.8, 4) is 23.0 Å². The lowest BCUT2D eigenvalue weighted by molar-refractivity contribution is -0.136. The molecule has 4 aromatic carbocycles. The lowest BCUT2D eigenvalue weighted by Crippen LogP contribution is -2.54. The van der Waals surface area contributed by atoms with Crippen molar-refractivity contribution in [2.24, 2.45) is 0 Å². The predicted molar refractivity (Wildman–Crippen MR) is 213 cm³/mol. The number of nitrogens with one attached hydrogen (secondary N) is 1. The Morgan fingerprint density at radius 2 is 1.47 bits per heavy atom. The van der Waals surface area contributed by atoms with E-state index < -0.39 is 29.7 Å². The second kappa shape index (κ2) is 15.7. The quantitative estimate of drug-likeness (QED) is 0.174. The van der Waals surface area contributed by atoms with Gasteiger partial charge in [-0.3, -0.25) is 34.3 Å². The fourth-order valence-corrected chi connectivity index (χ4v) is 8.69. The third-order valence-electron chi connectivity index (χ3n) is 11.6. The maximum atomic E-state index is 13.2. The van der Waals surface area contributed by atoms with Gasteiger partial charge in [-0.25, -0.2) is 9.97 Å². The molecule has 1 aromatic heterocycles. The number of aromatic hydroxyl groups is 1. The summed E-state index contributed by atoms with van der Waals surface area (Å²) in [6, 6.07) is 28.5. The molecule has 4 heterocycles. The number of imide groups is 2. The highest BCUT2D eigenvalue weighted by Gasteiger charge is 2.44. The Bertz CT molecular complexity index is 2360. The van der Waals surface area contributed by atoms with Crippen LogP contribution >= 0.6 is 0 Å². The summed E-state index contributed by atoms with van der Waals surface area (Å²) in [5.41, 5.74) is 5.37. The van der Waals surface area contributed by atoms with Crippen LogP contribution in [0.4, 0.5) is 5.95 Å². The first kappa shape index (κ1) is 37.0. The lowest BCUT2D eigenvalue weighted by Gasteiger charge is -2.35. The molecule has 0 radical (unpaired) electrons. The number of phenols is 1. The molecule has 3 atom stereocenters. The number of carbonyl (C=O) groups excluding carboxylic acids is 4. The van der Waals surface area contributed by atoms with Crippen LogP contribution < -0.4 is 19.7 Å². The number of piperazine rings is 1. The number of carbonyl (C=O) groups is 4. The van der Waals surface area contributed by atoms with E-state index >= 15 is 0 Å². The second-order valence-corrected chi connectivity index (χ2v) is 15.1. The van der Waals surface area contributed by atoms with E-state index in [4.69, 9.17) is 9.47 Å². The maximum Gasteiger partial charge on any atom is 0.262 e. The minimum absolute atomic E-state index is 0.0533. The number of nitrogens with zero attached hydrogens (tertiary/aromatic N) is 5. The Morgan fingerprint density at radius 1 is 0.724 bits per heavy atom. The van der Waals surface area contributed by atoms with Gasteiger partial charge in [0.25, 0.3) is 11.8 Å². The Kier molecular flexibility index (Phi) is 10.0. The Morgan fingerprint density at radius 3 is 2.22 bits per heavy atom. The summed E-state index contributed by atoms with van der Waals surface area (Å²) in [6.45, 7) is 4.53. The smallest absolute Gasteiger partial charge is 0.262 e. The van der Waals surface area contributed by atoms with Gasteiger partial charge in [0.15, 0.2) is 5.75 Å². The summed E-state index contributed by atoms with van der Waals surface area (Å²) < 4.78 is 12.1. The summed E-state index contributed by atoms with van der Waals surface area (Å²) in [5.74, 6) is 0.709. The third-order valence-corrected chi connectivity index (χ3v) is 11.6. The standard InChI is InChI=1S/C45H42N6O7/c52-31-9-14-36-30(24-31)8-13-35(28-4-2-1-3-5-28)41(36)29-6-10-32(11-7-29)57-23-22-49-18-20-50(21-19-49)45-46-26-34(27-47-45)58-33-12-15-37-38(25-33)44(56)51(43(37)55)39-16-17-40(53)48-42(39)54/h1-7,9-12,14-15,24-27,35,39,41,52H,8,13,16-23H2,(H,48,53,54)/t35?,39?,41-/m0/s1. The molecular formula is C45H42N6O7. The van der Waals surface area contributed by atoms with Gasteiger partial charge in [0.05, 0.1) is 23.5 Å². The van der Waals surface area contributed by atoms with Crippen LogP contribution in [0.5, 0.6) is 23.0 Å². The van der Waals surface area contributed by atoms with Gasteiger partial charge in [-0.05, 0) is 89.9 Å². The number of rotatable bonds is 10. The van der Waals surface area contributed by atoms with Gasteiger partial charge in [-0.1, -0.05) is 48.5 Å². The first-order chi connectivity index (χ1) is 28.3. The van der Waals surface area contributed by atoms with Crippen LogP contribution in [0.15, 0.2) is 103 Å². The molecule has 4 amide bonds. The van der Waals surface area contributed by atoms with E-state index in [-0.39, 0.29) is 29.9 Å². The van der Waals surface area contributed by atoms with Gasteiger partial charge in [-0.2, -0.15) is 0 Å². The topological polar surface area (TPSA) is 154 Å². The summed E-state index contributed by atoms with van der Waals surface area (Å²) in [5, 5.41) is 12.4. The monoisotopic (exact) mass is 778 g/mol. The molecule has 13 nitrogen and oxygen atoms in total. The molecule has 2 N–H and O–H groups in total. The van der Waals surface area contributed by atoms with Crippen molar-refractivity contribution < 1.29 is 33.8 Å². The third kappa shape index (κ3) is 7.36. The molecule has 2 unspecified atom stereocenters. The van der Waals surface area contributed by atoms with E-state index in [0.717, 1.165) is 56.2 Å². The van der Waals surface area contributed by atoms with Crippen LogP contribution in [0.3, 0.4) is 0 Å². The van der Waals surface area contributed by atoms with Crippen molar-refractivity contribution in [1.29, 1.82) is 0 Å². The molecule has 0 spiro atoms. The number of piperidine rings is 1. The number of aryl methyl sites for hydroxylation is 1. The molecule has 0 saturated carbocycles. The van der Waals surface area contributed by atoms with E-state index in [9.17, 15) is 24.3 Å². The molecule has 13 heteroatoms. The van der Waals surface area contributed by atoms with E-state index in [2.05, 4.69) is 85.7 Å². The molecule has 9 rings (SSSR count). The molecule has 1 aliphatic carbocycles. The number of fused-ring (bicyclic) bond motifs is 2. The minimum Gasteiger partial charge on any atom is -0.508 e. The Hall–Kier alpha value is -6.60. The zero-order valence-corrected chi connectivity index (χ0v) is 31.8. The van der Waals surface area contributed by atoms with Gasteiger partial charge in [0, 0.05) is 45.1 Å². The first-order valence-corrected chi connectivity index (χ1v) is 19.7. The van der Waals surface area contributed by atoms with E-state index in [0.29, 0.717) is 35.7 Å². The Labute approximate surface area is 335 Å². The van der Waals surface area contributed by atoms with Gasteiger partial charge >= 0.3 is 0 Å². The number of amides is 4. The number of phenolic OH excluding ortho intramolecular Hbond substituents is 1. The van der Waals surface area contributed by atoms with Gasteiger partial charge in [-0.15, -0.1) is 0 Å². The van der Waals surface area contributed by atoms with Crippen LogP contribution in [0.25, 0.3) is 0 Å². The second-order valence-electron chi connectivity index (χ2n) is 15.1. The first-order valence-electron chi connectivity index (χ1n) is 19.7. The van der Waals surface area contributed by atoms with Gasteiger partial charge in [0.2, 0.25) is 17.8 Å². The zero-order valence-electron chi connectivity index (χ0n) is 31.8. The van der Waals surface area contributed by atoms with E-state index in [1.165, 1.54) is 34.4 Å². The molecule has 5 aromatic rings. The normalized spacial score (nSPS) is 20.7. The molecule has 58 heavy (non-hydrogen) atoms. The van der Waals surface area contributed by atoms with E-state index in [1.54, 1.807) is 24.5 Å². The summed E-state index contributed by atoms with van der Waals surface area (Å²) in [4.78, 5) is 64.6. The summed E-state index contributed by atoms with van der Waals surface area (Å²) in [6.07, 6.45) is 5.24. The highest BCUT2D eigenvalue weighted by atomic mass is 16.5. The minimum atomic E-state index is -1.03. The largest absolute Gasteiger partial charge is 0.508 e. The fourth-order valence-electron chi connectivity index (χ4n) is 8.69. The number of ether oxygens (including phenoxy) is 2. The van der Waals surface area contributed by atoms with Crippen molar-refractivity contribution in [2.45, 2.75) is 43.6 Å². The number of anilines is 1. The van der Waals surface area contributed by atoms with Crippen LogP contribution in [0.1, 0.15) is 74.1 Å². The van der Waals surface area contributed by atoms with Crippen molar-refractivity contribution in [2.75, 3.05) is 44.2 Å². The van der Waals surface area contributed by atoms with Crippen LogP contribution in [0.2, 0.25) is 0 Å². The van der Waals surface area contributed by atoms with Crippen molar-refractivity contribution in [1.82, 2.24) is 25.1 Å². The average Bonchev–Trinajstić information content (AvgIpc) is 3.49. The molecular weight excluding hydrogens is 737 g/mol. The van der Waals surface area contributed by atoms with Crippen LogP contribution in [-0.4, -0.2) is 93.9 Å². The van der Waals surface area contributed by atoms with E-state index in [1.807, 2.05) is 6.07 Å². The van der Waals surface area contributed by atoms with Crippen molar-refractivity contribution in [3.63, 3.8) is 0 Å². The highest BCUT2D eigenvalue weighted by molar-refractivity contribution is 6.23. The predicted octanol–water partition coefficient (Wildman–Crippen LogP) is 5.44. The van der Waals surface area contributed by atoms with Crippen molar-refractivity contribution >= 4 is 29.6 Å². The number of hydrogen-bond donors (Lipinski definition) is 2. The Balaban J connectivity index is 0.759. The SMILES string of the molecule is O=C1CCC(N2C(=O)c3ccc(Oc4cnc(N5CCN(CCOc6ccc([C@@H]7c8ccc(O)cc8CCC7c7ccccc7)cc6)CC5)nc4)cc3C2=O)C(=O)N1. The number of benzene rings is 4. The van der Waals surface area contributed by atoms with Gasteiger partial charge < -0.3 is 19.5 Å². The van der Waals surface area contributed by atoms with Crippen molar-refractivity contribution in [3.05, 3.63) is 137 Å². The number of hydrogen-bond acceptors (Lipinski definition) is 11. The maximum absolute atomic E-state index is 13.2. The molecule has 0 bridgehead atoms. The zero-order chi connectivity index (χ0) is 39.8. The summed E-state index contributed by atoms with van der Waals surface area (Å²) in [7, 11) is 0. The molecule has 2 saturated heterocycles. The fraction of sp³-hybridized carbons (Fsp3) is 0.289. The van der Waals surface area contributed by atoms with Crippen LogP contribution in [-0.2, 0) is 16.0 Å².